The largest absolute Gasteiger partial charge is 0.417 e. The summed E-state index contributed by atoms with van der Waals surface area (Å²) in [5.74, 6) is -5.82. The van der Waals surface area contributed by atoms with Crippen molar-refractivity contribution >= 4 is 52.6 Å². The Morgan fingerprint density at radius 2 is 1.29 bits per heavy atom. The van der Waals surface area contributed by atoms with Gasteiger partial charge in [-0.15, -0.1) is 0 Å². The fourth-order valence-corrected chi connectivity index (χ4v) is 4.07. The van der Waals surface area contributed by atoms with E-state index in [-0.39, 0.29) is 15.1 Å². The van der Waals surface area contributed by atoms with Crippen LogP contribution in [-0.4, -0.2) is 36.3 Å². The summed E-state index contributed by atoms with van der Waals surface area (Å²) in [5, 5.41) is -0.261. The SMILES string of the molecule is O=C(CCC(=O)c1ccc(/C=C/C(c2cc(Cl)c(Cl)c(Cl)c2)C(F)(F)F)cc1C(F)(F)F)NC(C(F)(F)F)C(F)(F)F. The van der Waals surface area contributed by atoms with Crippen molar-refractivity contribution < 1.29 is 62.3 Å². The van der Waals surface area contributed by atoms with E-state index in [9.17, 15) is 62.3 Å². The van der Waals surface area contributed by atoms with Gasteiger partial charge in [0.15, 0.2) is 5.78 Å². The zero-order valence-corrected chi connectivity index (χ0v) is 22.4. The molecule has 0 saturated heterocycles. The number of Topliss-reactive ketones (excluding diaryl/α,β-unsaturated/α-hetero) is 1. The molecule has 0 bridgehead atoms. The molecule has 18 heteroatoms. The van der Waals surface area contributed by atoms with Gasteiger partial charge in [0, 0.05) is 18.4 Å². The average Bonchev–Trinajstić information content (AvgIpc) is 2.81. The van der Waals surface area contributed by atoms with Crippen molar-refractivity contribution in [2.24, 2.45) is 0 Å². The molecular formula is C24H14Cl3F12NO2. The van der Waals surface area contributed by atoms with Crippen molar-refractivity contribution in [3.63, 3.8) is 0 Å². The van der Waals surface area contributed by atoms with Crippen LogP contribution in [0.3, 0.4) is 0 Å². The number of rotatable bonds is 8. The van der Waals surface area contributed by atoms with E-state index in [1.54, 1.807) is 0 Å². The molecule has 0 aromatic heterocycles. The van der Waals surface area contributed by atoms with Crippen molar-refractivity contribution in [2.75, 3.05) is 0 Å². The van der Waals surface area contributed by atoms with Crippen molar-refractivity contribution in [3.05, 3.63) is 73.7 Å². The Labute approximate surface area is 243 Å². The molecule has 0 heterocycles. The van der Waals surface area contributed by atoms with Crippen molar-refractivity contribution in [1.29, 1.82) is 0 Å². The normalized spacial score (nSPS) is 14.0. The van der Waals surface area contributed by atoms with Gasteiger partial charge in [0.1, 0.15) is 0 Å². The molecule has 2 rings (SSSR count). The quantitative estimate of drug-likeness (QED) is 0.171. The second kappa shape index (κ2) is 12.9. The molecule has 2 aromatic rings. The fraction of sp³-hybridized carbons (Fsp3) is 0.333. The summed E-state index contributed by atoms with van der Waals surface area (Å²) >= 11 is 17.3. The Morgan fingerprint density at radius 1 is 0.762 bits per heavy atom. The Balaban J connectivity index is 2.33. The molecule has 1 amide bonds. The number of benzene rings is 2. The second-order valence-corrected chi connectivity index (χ2v) is 9.68. The van der Waals surface area contributed by atoms with Crippen LogP contribution in [0.15, 0.2) is 36.4 Å². The monoisotopic (exact) mass is 681 g/mol. The lowest BCUT2D eigenvalue weighted by Crippen LogP contribution is -2.54. The highest BCUT2D eigenvalue weighted by Gasteiger charge is 2.57. The zero-order valence-electron chi connectivity index (χ0n) is 20.1. The van der Waals surface area contributed by atoms with Crippen LogP contribution in [0.1, 0.15) is 45.8 Å². The van der Waals surface area contributed by atoms with Crippen LogP contribution in [0.5, 0.6) is 0 Å². The minimum atomic E-state index is -5.94. The smallest absolute Gasteiger partial charge is 0.337 e. The molecule has 0 saturated carbocycles. The summed E-state index contributed by atoms with van der Waals surface area (Å²) in [5.41, 5.74) is -3.79. The third-order valence-corrected chi connectivity index (χ3v) is 6.58. The van der Waals surface area contributed by atoms with Crippen LogP contribution < -0.4 is 5.32 Å². The van der Waals surface area contributed by atoms with Gasteiger partial charge in [-0.25, -0.2) is 0 Å². The van der Waals surface area contributed by atoms with Crippen LogP contribution in [0.2, 0.25) is 15.1 Å². The Bertz CT molecular complexity index is 1310. The van der Waals surface area contributed by atoms with E-state index in [4.69, 9.17) is 34.8 Å². The molecule has 0 spiro atoms. The van der Waals surface area contributed by atoms with E-state index in [0.29, 0.717) is 29.6 Å². The first-order chi connectivity index (χ1) is 18.9. The van der Waals surface area contributed by atoms with Crippen LogP contribution in [0.4, 0.5) is 52.7 Å². The number of halogens is 15. The summed E-state index contributed by atoms with van der Waals surface area (Å²) in [6.45, 7) is 0. The van der Waals surface area contributed by atoms with E-state index in [2.05, 4.69) is 0 Å². The number of nitrogens with one attached hydrogen (secondary N) is 1. The number of carbonyl (C=O) groups excluding carboxylic acids is 2. The maximum absolute atomic E-state index is 13.7. The van der Waals surface area contributed by atoms with E-state index < -0.39 is 83.5 Å². The Morgan fingerprint density at radius 3 is 1.74 bits per heavy atom. The van der Waals surface area contributed by atoms with Gasteiger partial charge >= 0.3 is 24.7 Å². The van der Waals surface area contributed by atoms with Gasteiger partial charge in [-0.05, 0) is 29.3 Å². The van der Waals surface area contributed by atoms with Crippen LogP contribution in [-0.2, 0) is 11.0 Å². The molecule has 3 nitrogen and oxygen atoms in total. The van der Waals surface area contributed by atoms with Crippen LogP contribution in [0.25, 0.3) is 6.08 Å². The van der Waals surface area contributed by atoms with Crippen LogP contribution >= 0.6 is 34.8 Å². The third kappa shape index (κ3) is 9.43. The van der Waals surface area contributed by atoms with Gasteiger partial charge in [0.2, 0.25) is 11.9 Å². The van der Waals surface area contributed by atoms with E-state index in [0.717, 1.165) is 18.2 Å². The lowest BCUT2D eigenvalue weighted by atomic mass is 9.95. The minimum absolute atomic E-state index is 0.236. The Hall–Kier alpha value is -2.65. The van der Waals surface area contributed by atoms with Gasteiger partial charge < -0.3 is 5.32 Å². The van der Waals surface area contributed by atoms with E-state index in [1.807, 2.05) is 0 Å². The molecule has 1 unspecified atom stereocenters. The van der Waals surface area contributed by atoms with Gasteiger partial charge in [-0.1, -0.05) is 59.1 Å². The van der Waals surface area contributed by atoms with Gasteiger partial charge in [0.25, 0.3) is 0 Å². The molecule has 0 radical (unpaired) electrons. The maximum Gasteiger partial charge on any atom is 0.417 e. The molecule has 0 aliphatic carbocycles. The number of hydrogen-bond acceptors (Lipinski definition) is 2. The van der Waals surface area contributed by atoms with Gasteiger partial charge in [-0.3, -0.25) is 9.59 Å². The number of ketones is 1. The fourth-order valence-electron chi connectivity index (χ4n) is 3.46. The average molecular weight is 683 g/mol. The summed E-state index contributed by atoms with van der Waals surface area (Å²) < 4.78 is 158. The first-order valence-corrected chi connectivity index (χ1v) is 12.1. The van der Waals surface area contributed by atoms with Gasteiger partial charge in [-0.2, -0.15) is 52.7 Å². The minimum Gasteiger partial charge on any atom is -0.337 e. The van der Waals surface area contributed by atoms with E-state index in [1.165, 1.54) is 0 Å². The van der Waals surface area contributed by atoms with E-state index >= 15 is 0 Å². The zero-order chi connectivity index (χ0) is 32.4. The predicted molar refractivity (Wildman–Crippen MR) is 128 cm³/mol. The highest BCUT2D eigenvalue weighted by Crippen LogP contribution is 2.41. The first-order valence-electron chi connectivity index (χ1n) is 11.0. The van der Waals surface area contributed by atoms with Crippen molar-refractivity contribution in [2.45, 2.75) is 49.5 Å². The molecule has 0 fully saturated rings. The first kappa shape index (κ1) is 35.5. The summed E-state index contributed by atoms with van der Waals surface area (Å²) in [4.78, 5) is 24.0. The maximum atomic E-state index is 13.7. The van der Waals surface area contributed by atoms with Crippen molar-refractivity contribution in [3.8, 4) is 0 Å². The highest BCUT2D eigenvalue weighted by molar-refractivity contribution is 6.48. The summed E-state index contributed by atoms with van der Waals surface area (Å²) in [6, 6.07) is -0.938. The molecule has 1 atom stereocenters. The second-order valence-electron chi connectivity index (χ2n) is 8.49. The lowest BCUT2D eigenvalue weighted by Gasteiger charge is -2.23. The molecule has 0 aliphatic rings. The molecule has 2 aromatic carbocycles. The Kier molecular flexibility index (Phi) is 10.9. The van der Waals surface area contributed by atoms with Crippen LogP contribution in [0, 0.1) is 0 Å². The lowest BCUT2D eigenvalue weighted by molar-refractivity contribution is -0.257. The van der Waals surface area contributed by atoms with Gasteiger partial charge in [0.05, 0.1) is 26.5 Å². The number of alkyl halides is 12. The summed E-state index contributed by atoms with van der Waals surface area (Å²) in [7, 11) is 0. The number of carbonyl (C=O) groups is 2. The number of amides is 1. The number of hydrogen-bond donors (Lipinski definition) is 1. The highest BCUT2D eigenvalue weighted by atomic mass is 35.5. The topological polar surface area (TPSA) is 46.2 Å². The standard InChI is InChI=1S/C24H14Cl3F12NO2/c25-15-8-11(9-16(26)19(15)27)13(21(28,29)30)4-2-10-1-3-12(14(7-10)22(31,32)33)17(41)5-6-18(42)40-20(23(34,35)36)24(37,38)39/h1-4,7-9,13,20H,5-6H2,(H,40,42)/b4-2+. The third-order valence-electron chi connectivity index (χ3n) is 5.39. The predicted octanol–water partition coefficient (Wildman–Crippen LogP) is 9.60. The molecule has 42 heavy (non-hydrogen) atoms. The number of allylic oxidation sites excluding steroid dienone is 1. The molecule has 1 N–H and O–H groups in total. The molecule has 232 valence electrons. The summed E-state index contributed by atoms with van der Waals surface area (Å²) in [6.07, 6.45) is -23.6. The van der Waals surface area contributed by atoms with Crippen molar-refractivity contribution in [1.82, 2.24) is 5.32 Å². The molecular weight excluding hydrogens is 669 g/mol. The molecule has 0 aliphatic heterocycles.